The molecule has 20 heavy (non-hydrogen) atoms. The average Bonchev–Trinajstić information content (AvgIpc) is 2.46. The maximum atomic E-state index is 12.0. The molecule has 0 aromatic heterocycles. The van der Waals surface area contributed by atoms with Crippen LogP contribution in [-0.2, 0) is 4.79 Å². The van der Waals surface area contributed by atoms with Crippen molar-refractivity contribution in [2.24, 2.45) is 5.73 Å². The Morgan fingerprint density at radius 3 is 2.60 bits per heavy atom. The molecular weight excluding hydrogens is 252 g/mol. The SMILES string of the molecule is CC(N)CCC(=O)N1CCC(Oc2ccccc2)CC1. The van der Waals surface area contributed by atoms with E-state index < -0.39 is 0 Å². The fraction of sp³-hybridized carbons (Fsp3) is 0.562. The molecule has 0 spiro atoms. The zero-order valence-corrected chi connectivity index (χ0v) is 12.1. The summed E-state index contributed by atoms with van der Waals surface area (Å²) in [5.41, 5.74) is 5.69. The lowest BCUT2D eigenvalue weighted by atomic mass is 10.1. The molecule has 4 nitrogen and oxygen atoms in total. The van der Waals surface area contributed by atoms with E-state index in [1.807, 2.05) is 42.2 Å². The number of benzene rings is 1. The molecule has 1 fully saturated rings. The molecule has 2 N–H and O–H groups in total. The smallest absolute Gasteiger partial charge is 0.222 e. The molecule has 2 rings (SSSR count). The second-order valence-electron chi connectivity index (χ2n) is 5.53. The Kier molecular flexibility index (Phi) is 5.41. The maximum absolute atomic E-state index is 12.0. The van der Waals surface area contributed by atoms with Crippen molar-refractivity contribution < 1.29 is 9.53 Å². The third-order valence-corrected chi connectivity index (χ3v) is 3.65. The van der Waals surface area contributed by atoms with E-state index in [0.717, 1.165) is 38.1 Å². The van der Waals surface area contributed by atoms with E-state index >= 15 is 0 Å². The van der Waals surface area contributed by atoms with Gasteiger partial charge in [-0.3, -0.25) is 4.79 Å². The van der Waals surface area contributed by atoms with E-state index in [9.17, 15) is 4.79 Å². The van der Waals surface area contributed by atoms with Crippen molar-refractivity contribution in [3.63, 3.8) is 0 Å². The molecule has 0 bridgehead atoms. The fourth-order valence-electron chi connectivity index (χ4n) is 2.42. The number of ether oxygens (including phenoxy) is 1. The van der Waals surface area contributed by atoms with Crippen molar-refractivity contribution in [2.45, 2.75) is 44.8 Å². The lowest BCUT2D eigenvalue weighted by molar-refractivity contribution is -0.133. The summed E-state index contributed by atoms with van der Waals surface area (Å²) in [6.45, 7) is 3.51. The number of amides is 1. The molecule has 1 atom stereocenters. The number of nitrogens with two attached hydrogens (primary N) is 1. The summed E-state index contributed by atoms with van der Waals surface area (Å²) in [7, 11) is 0. The summed E-state index contributed by atoms with van der Waals surface area (Å²) < 4.78 is 5.92. The van der Waals surface area contributed by atoms with Crippen LogP contribution in [0.25, 0.3) is 0 Å². The van der Waals surface area contributed by atoms with Crippen LogP contribution in [-0.4, -0.2) is 36.0 Å². The van der Waals surface area contributed by atoms with Crippen LogP contribution >= 0.6 is 0 Å². The molecule has 1 aromatic carbocycles. The predicted molar refractivity (Wildman–Crippen MR) is 79.6 cm³/mol. The quantitative estimate of drug-likeness (QED) is 0.897. The van der Waals surface area contributed by atoms with Crippen LogP contribution in [0.1, 0.15) is 32.6 Å². The van der Waals surface area contributed by atoms with Gasteiger partial charge < -0.3 is 15.4 Å². The topological polar surface area (TPSA) is 55.6 Å². The van der Waals surface area contributed by atoms with Crippen LogP contribution < -0.4 is 10.5 Å². The molecular formula is C16H24N2O2. The Balaban J connectivity index is 1.73. The first-order valence-electron chi connectivity index (χ1n) is 7.40. The number of rotatable bonds is 5. The Labute approximate surface area is 120 Å². The molecule has 4 heteroatoms. The minimum absolute atomic E-state index is 0.0953. The minimum atomic E-state index is 0.0953. The van der Waals surface area contributed by atoms with Crippen molar-refractivity contribution in [2.75, 3.05) is 13.1 Å². The largest absolute Gasteiger partial charge is 0.490 e. The number of likely N-dealkylation sites (tertiary alicyclic amines) is 1. The molecule has 0 radical (unpaired) electrons. The number of piperidine rings is 1. The maximum Gasteiger partial charge on any atom is 0.222 e. The number of hydrogen-bond acceptors (Lipinski definition) is 3. The van der Waals surface area contributed by atoms with Gasteiger partial charge >= 0.3 is 0 Å². The van der Waals surface area contributed by atoms with E-state index in [0.29, 0.717) is 6.42 Å². The normalized spacial score (nSPS) is 17.8. The van der Waals surface area contributed by atoms with Gasteiger partial charge in [0.05, 0.1) is 0 Å². The van der Waals surface area contributed by atoms with Gasteiger partial charge in [0, 0.05) is 38.4 Å². The molecule has 1 heterocycles. The van der Waals surface area contributed by atoms with Gasteiger partial charge in [-0.05, 0) is 25.5 Å². The van der Waals surface area contributed by atoms with Crippen LogP contribution in [0, 0.1) is 0 Å². The molecule has 110 valence electrons. The second kappa shape index (κ2) is 7.29. The molecule has 1 aliphatic rings. The number of nitrogens with zero attached hydrogens (tertiary/aromatic N) is 1. The molecule has 0 saturated carbocycles. The molecule has 1 unspecified atom stereocenters. The first kappa shape index (κ1) is 14.9. The Morgan fingerprint density at radius 1 is 1.35 bits per heavy atom. The highest BCUT2D eigenvalue weighted by molar-refractivity contribution is 5.76. The summed E-state index contributed by atoms with van der Waals surface area (Å²) in [5, 5.41) is 0. The zero-order chi connectivity index (χ0) is 14.4. The lowest BCUT2D eigenvalue weighted by Gasteiger charge is -2.32. The fourth-order valence-corrected chi connectivity index (χ4v) is 2.42. The van der Waals surface area contributed by atoms with Crippen molar-refractivity contribution in [1.29, 1.82) is 0 Å². The first-order chi connectivity index (χ1) is 9.65. The zero-order valence-electron chi connectivity index (χ0n) is 12.1. The van der Waals surface area contributed by atoms with E-state index in [-0.39, 0.29) is 18.1 Å². The summed E-state index contributed by atoms with van der Waals surface area (Å²) in [5.74, 6) is 1.13. The number of para-hydroxylation sites is 1. The van der Waals surface area contributed by atoms with E-state index in [1.54, 1.807) is 0 Å². The highest BCUT2D eigenvalue weighted by Gasteiger charge is 2.23. The lowest BCUT2D eigenvalue weighted by Crippen LogP contribution is -2.42. The monoisotopic (exact) mass is 276 g/mol. The van der Waals surface area contributed by atoms with Crippen molar-refractivity contribution in [1.82, 2.24) is 4.90 Å². The Bertz CT molecular complexity index is 412. The van der Waals surface area contributed by atoms with Crippen molar-refractivity contribution in [3.8, 4) is 5.75 Å². The van der Waals surface area contributed by atoms with Gasteiger partial charge in [-0.2, -0.15) is 0 Å². The third-order valence-electron chi connectivity index (χ3n) is 3.65. The van der Waals surface area contributed by atoms with E-state index in [2.05, 4.69) is 0 Å². The molecule has 0 aliphatic carbocycles. The third kappa shape index (κ3) is 4.53. The predicted octanol–water partition coefficient (Wildman–Crippen LogP) is 2.18. The Morgan fingerprint density at radius 2 is 2.00 bits per heavy atom. The number of carbonyl (C=O) groups is 1. The van der Waals surface area contributed by atoms with Gasteiger partial charge in [0.15, 0.2) is 0 Å². The van der Waals surface area contributed by atoms with Gasteiger partial charge in [-0.1, -0.05) is 18.2 Å². The second-order valence-corrected chi connectivity index (χ2v) is 5.53. The Hall–Kier alpha value is -1.55. The highest BCUT2D eigenvalue weighted by atomic mass is 16.5. The molecule has 1 saturated heterocycles. The van der Waals surface area contributed by atoms with E-state index in [1.165, 1.54) is 0 Å². The summed E-state index contributed by atoms with van der Waals surface area (Å²) >= 11 is 0. The number of carbonyl (C=O) groups excluding carboxylic acids is 1. The van der Waals surface area contributed by atoms with Gasteiger partial charge in [0.2, 0.25) is 5.91 Å². The van der Waals surface area contributed by atoms with Gasteiger partial charge in [-0.25, -0.2) is 0 Å². The van der Waals surface area contributed by atoms with Crippen LogP contribution in [0.5, 0.6) is 5.75 Å². The summed E-state index contributed by atoms with van der Waals surface area (Å²) in [4.78, 5) is 13.9. The average molecular weight is 276 g/mol. The molecule has 1 aliphatic heterocycles. The first-order valence-corrected chi connectivity index (χ1v) is 7.40. The van der Waals surface area contributed by atoms with Gasteiger partial charge in [-0.15, -0.1) is 0 Å². The van der Waals surface area contributed by atoms with Crippen LogP contribution in [0.4, 0.5) is 0 Å². The van der Waals surface area contributed by atoms with Crippen LogP contribution in [0.2, 0.25) is 0 Å². The summed E-state index contributed by atoms with van der Waals surface area (Å²) in [6, 6.07) is 9.97. The molecule has 1 amide bonds. The van der Waals surface area contributed by atoms with Crippen LogP contribution in [0.15, 0.2) is 30.3 Å². The highest BCUT2D eigenvalue weighted by Crippen LogP contribution is 2.19. The molecule has 1 aromatic rings. The van der Waals surface area contributed by atoms with E-state index in [4.69, 9.17) is 10.5 Å². The van der Waals surface area contributed by atoms with Crippen molar-refractivity contribution >= 4 is 5.91 Å². The van der Waals surface area contributed by atoms with Crippen molar-refractivity contribution in [3.05, 3.63) is 30.3 Å². The minimum Gasteiger partial charge on any atom is -0.490 e. The van der Waals surface area contributed by atoms with Crippen LogP contribution in [0.3, 0.4) is 0 Å². The van der Waals surface area contributed by atoms with Gasteiger partial charge in [0.25, 0.3) is 0 Å². The summed E-state index contributed by atoms with van der Waals surface area (Å²) in [6.07, 6.45) is 3.34. The standard InChI is InChI=1S/C16H24N2O2/c1-13(17)7-8-16(19)18-11-9-15(10-12-18)20-14-5-3-2-4-6-14/h2-6,13,15H,7-12,17H2,1H3. The number of hydrogen-bond donors (Lipinski definition) is 1. The van der Waals surface area contributed by atoms with Gasteiger partial charge in [0.1, 0.15) is 11.9 Å².